The number of carbonyl (C=O) groups is 1. The van der Waals surface area contributed by atoms with Gasteiger partial charge in [0.1, 0.15) is 6.10 Å². The second-order valence-electron chi connectivity index (χ2n) is 6.18. The van der Waals surface area contributed by atoms with Crippen molar-refractivity contribution in [3.63, 3.8) is 0 Å². The van der Waals surface area contributed by atoms with Crippen LogP contribution < -0.4 is 4.74 Å². The lowest BCUT2D eigenvalue weighted by Crippen LogP contribution is -2.44. The van der Waals surface area contributed by atoms with Crippen LogP contribution in [0.3, 0.4) is 0 Å². The van der Waals surface area contributed by atoms with Crippen LogP contribution in [0, 0.1) is 0 Å². The lowest BCUT2D eigenvalue weighted by atomic mass is 10.1. The summed E-state index contributed by atoms with van der Waals surface area (Å²) < 4.78 is 7.62. The van der Waals surface area contributed by atoms with Crippen LogP contribution in [0.4, 0.5) is 0 Å². The van der Waals surface area contributed by atoms with E-state index in [-0.39, 0.29) is 12.0 Å². The molecule has 0 radical (unpaired) electrons. The highest BCUT2D eigenvalue weighted by molar-refractivity contribution is 5.94. The predicted molar refractivity (Wildman–Crippen MR) is 95.1 cm³/mol. The Balaban J connectivity index is 1.47. The van der Waals surface area contributed by atoms with Crippen LogP contribution in [-0.2, 0) is 0 Å². The van der Waals surface area contributed by atoms with Gasteiger partial charge in [-0.1, -0.05) is 6.07 Å². The number of carbonyl (C=O) groups excluding carboxylic acids is 1. The summed E-state index contributed by atoms with van der Waals surface area (Å²) in [5, 5.41) is 4.22. The van der Waals surface area contributed by atoms with Crippen molar-refractivity contribution in [3.05, 3.63) is 66.9 Å². The second-order valence-corrected chi connectivity index (χ2v) is 6.18. The number of ether oxygens (including phenoxy) is 1. The molecular weight excluding hydrogens is 330 g/mol. The van der Waals surface area contributed by atoms with Gasteiger partial charge in [-0.2, -0.15) is 5.10 Å². The van der Waals surface area contributed by atoms with Gasteiger partial charge in [-0.15, -0.1) is 0 Å². The molecule has 1 amide bonds. The maximum Gasteiger partial charge on any atom is 0.254 e. The Morgan fingerprint density at radius 3 is 2.96 bits per heavy atom. The fourth-order valence-electron chi connectivity index (χ4n) is 3.12. The summed E-state index contributed by atoms with van der Waals surface area (Å²) in [6.07, 6.45) is 10.1. The lowest BCUT2D eigenvalue weighted by molar-refractivity contribution is 0.0527. The normalized spacial score (nSPS) is 17.1. The molecule has 1 aromatic carbocycles. The third-order valence-corrected chi connectivity index (χ3v) is 4.35. The molecular formula is C19H19N5O2. The first-order valence-electron chi connectivity index (χ1n) is 8.61. The molecule has 7 nitrogen and oxygen atoms in total. The van der Waals surface area contributed by atoms with Gasteiger partial charge in [0, 0.05) is 36.9 Å². The van der Waals surface area contributed by atoms with E-state index in [0.29, 0.717) is 18.0 Å². The molecule has 3 heterocycles. The summed E-state index contributed by atoms with van der Waals surface area (Å²) in [5.41, 5.74) is 1.52. The van der Waals surface area contributed by atoms with Crippen molar-refractivity contribution in [1.29, 1.82) is 0 Å². The van der Waals surface area contributed by atoms with E-state index in [1.54, 1.807) is 29.5 Å². The highest BCUT2D eigenvalue weighted by atomic mass is 16.5. The number of hydrogen-bond donors (Lipinski definition) is 0. The number of likely N-dealkylation sites (tertiary alicyclic amines) is 1. The highest BCUT2D eigenvalue weighted by Gasteiger charge is 2.26. The van der Waals surface area contributed by atoms with Crippen molar-refractivity contribution in [2.45, 2.75) is 18.9 Å². The summed E-state index contributed by atoms with van der Waals surface area (Å²) in [6, 6.07) is 9.36. The summed E-state index contributed by atoms with van der Waals surface area (Å²) >= 11 is 0. The number of benzene rings is 1. The first kappa shape index (κ1) is 16.3. The van der Waals surface area contributed by atoms with Crippen LogP contribution in [0.2, 0.25) is 0 Å². The van der Waals surface area contributed by atoms with Gasteiger partial charge in [-0.25, -0.2) is 9.67 Å². The number of amides is 1. The summed E-state index contributed by atoms with van der Waals surface area (Å²) in [7, 11) is 0. The van der Waals surface area contributed by atoms with Gasteiger partial charge in [0.25, 0.3) is 5.91 Å². The molecule has 4 rings (SSSR count). The minimum absolute atomic E-state index is 0.00597. The molecule has 132 valence electrons. The molecule has 0 spiro atoms. The minimum Gasteiger partial charge on any atom is -0.471 e. The molecule has 0 bridgehead atoms. The maximum atomic E-state index is 12.9. The van der Waals surface area contributed by atoms with Crippen molar-refractivity contribution in [1.82, 2.24) is 24.6 Å². The van der Waals surface area contributed by atoms with E-state index in [0.717, 1.165) is 25.1 Å². The molecule has 1 unspecified atom stereocenters. The number of aromatic nitrogens is 4. The van der Waals surface area contributed by atoms with Gasteiger partial charge in [0.15, 0.2) is 0 Å². The maximum absolute atomic E-state index is 12.9. The lowest BCUT2D eigenvalue weighted by Gasteiger charge is -2.32. The minimum atomic E-state index is -0.0706. The predicted octanol–water partition coefficient (Wildman–Crippen LogP) is 2.35. The van der Waals surface area contributed by atoms with E-state index in [9.17, 15) is 4.79 Å². The van der Waals surface area contributed by atoms with E-state index in [4.69, 9.17) is 4.74 Å². The fraction of sp³-hybridized carbons (Fsp3) is 0.263. The Kier molecular flexibility index (Phi) is 4.59. The zero-order chi connectivity index (χ0) is 17.8. The highest BCUT2D eigenvalue weighted by Crippen LogP contribution is 2.19. The molecule has 2 aromatic heterocycles. The molecule has 7 heteroatoms. The third-order valence-electron chi connectivity index (χ3n) is 4.35. The second kappa shape index (κ2) is 7.35. The van der Waals surface area contributed by atoms with Gasteiger partial charge in [0.2, 0.25) is 5.88 Å². The van der Waals surface area contributed by atoms with E-state index < -0.39 is 0 Å². The summed E-state index contributed by atoms with van der Waals surface area (Å²) in [5.74, 6) is 0.499. The Morgan fingerprint density at radius 2 is 2.15 bits per heavy atom. The van der Waals surface area contributed by atoms with Crippen molar-refractivity contribution in [2.75, 3.05) is 13.1 Å². The fourth-order valence-corrected chi connectivity index (χ4v) is 3.12. The monoisotopic (exact) mass is 349 g/mol. The number of hydrogen-bond acceptors (Lipinski definition) is 5. The first-order valence-corrected chi connectivity index (χ1v) is 8.61. The Hall–Kier alpha value is -3.22. The Bertz CT molecular complexity index is 867. The van der Waals surface area contributed by atoms with Gasteiger partial charge < -0.3 is 9.64 Å². The average Bonchev–Trinajstić information content (AvgIpc) is 3.23. The third kappa shape index (κ3) is 3.56. The molecule has 1 saturated heterocycles. The number of piperidine rings is 1. The summed E-state index contributed by atoms with van der Waals surface area (Å²) in [6.45, 7) is 1.27. The molecule has 1 fully saturated rings. The molecule has 26 heavy (non-hydrogen) atoms. The van der Waals surface area contributed by atoms with Gasteiger partial charge in [-0.3, -0.25) is 9.78 Å². The first-order chi connectivity index (χ1) is 12.8. The van der Waals surface area contributed by atoms with Crippen molar-refractivity contribution in [2.24, 2.45) is 0 Å². The Morgan fingerprint density at radius 1 is 1.19 bits per heavy atom. The largest absolute Gasteiger partial charge is 0.471 e. The molecule has 1 atom stereocenters. The zero-order valence-corrected chi connectivity index (χ0v) is 14.2. The molecule has 0 N–H and O–H groups in total. The standard InChI is InChI=1S/C19H19N5O2/c25-19(15-4-1-5-16(12-15)24-11-3-7-22-24)23-10-2-6-17(14-23)26-18-13-20-8-9-21-18/h1,3-5,7-9,11-13,17H,2,6,10,14H2. The van der Waals surface area contributed by atoms with E-state index in [1.165, 1.54) is 0 Å². The van der Waals surface area contributed by atoms with Crippen molar-refractivity contribution < 1.29 is 9.53 Å². The van der Waals surface area contributed by atoms with Crippen molar-refractivity contribution in [3.8, 4) is 11.6 Å². The van der Waals surface area contributed by atoms with Crippen LogP contribution in [0.25, 0.3) is 5.69 Å². The Labute approximate surface area is 151 Å². The SMILES string of the molecule is O=C(c1cccc(-n2cccn2)c1)N1CCCC(Oc2cnccn2)C1. The quantitative estimate of drug-likeness (QED) is 0.723. The average molecular weight is 349 g/mol. The van der Waals surface area contributed by atoms with Crippen LogP contribution in [0.1, 0.15) is 23.2 Å². The zero-order valence-electron chi connectivity index (χ0n) is 14.2. The van der Waals surface area contributed by atoms with E-state index in [1.807, 2.05) is 41.4 Å². The van der Waals surface area contributed by atoms with E-state index in [2.05, 4.69) is 15.1 Å². The summed E-state index contributed by atoms with van der Waals surface area (Å²) in [4.78, 5) is 22.9. The molecule has 0 aliphatic carbocycles. The number of rotatable bonds is 4. The van der Waals surface area contributed by atoms with Gasteiger partial charge in [0.05, 0.1) is 18.4 Å². The van der Waals surface area contributed by atoms with Crippen LogP contribution >= 0.6 is 0 Å². The smallest absolute Gasteiger partial charge is 0.254 e. The molecule has 1 aliphatic heterocycles. The van der Waals surface area contributed by atoms with Gasteiger partial charge >= 0.3 is 0 Å². The van der Waals surface area contributed by atoms with Crippen LogP contribution in [0.5, 0.6) is 5.88 Å². The van der Waals surface area contributed by atoms with Crippen LogP contribution in [0.15, 0.2) is 61.3 Å². The van der Waals surface area contributed by atoms with E-state index >= 15 is 0 Å². The van der Waals surface area contributed by atoms with Crippen LogP contribution in [-0.4, -0.2) is 49.7 Å². The van der Waals surface area contributed by atoms with Crippen molar-refractivity contribution >= 4 is 5.91 Å². The number of nitrogens with zero attached hydrogens (tertiary/aromatic N) is 5. The molecule has 3 aromatic rings. The van der Waals surface area contributed by atoms with Gasteiger partial charge in [-0.05, 0) is 37.1 Å². The molecule has 1 aliphatic rings. The topological polar surface area (TPSA) is 73.1 Å². The molecule has 0 saturated carbocycles.